The zero-order valence-electron chi connectivity index (χ0n) is 10.0. The molecule has 0 bridgehead atoms. The van der Waals surface area contributed by atoms with Crippen LogP contribution in [-0.2, 0) is 9.53 Å². The van der Waals surface area contributed by atoms with Gasteiger partial charge in [-0.25, -0.2) is 0 Å². The van der Waals surface area contributed by atoms with Crippen molar-refractivity contribution in [2.75, 3.05) is 39.3 Å². The Labute approximate surface area is 92.2 Å². The van der Waals surface area contributed by atoms with E-state index in [1.54, 1.807) is 0 Å². The van der Waals surface area contributed by atoms with Crippen molar-refractivity contribution in [3.05, 3.63) is 0 Å². The zero-order valence-corrected chi connectivity index (χ0v) is 10.0. The van der Waals surface area contributed by atoms with Gasteiger partial charge in [-0.2, -0.15) is 0 Å². The van der Waals surface area contributed by atoms with Gasteiger partial charge in [0.25, 0.3) is 0 Å². The quantitative estimate of drug-likeness (QED) is 0.671. The largest absolute Gasteiger partial charge is 0.377 e. The summed E-state index contributed by atoms with van der Waals surface area (Å²) in [4.78, 5) is 15.6. The van der Waals surface area contributed by atoms with E-state index in [4.69, 9.17) is 4.74 Å². The van der Waals surface area contributed by atoms with Gasteiger partial charge in [-0.15, -0.1) is 0 Å². The third-order valence-electron chi connectivity index (χ3n) is 2.64. The second-order valence-electron chi connectivity index (χ2n) is 4.17. The minimum Gasteiger partial charge on any atom is -0.377 e. The van der Waals surface area contributed by atoms with Crippen LogP contribution in [0.25, 0.3) is 0 Å². The second-order valence-corrected chi connectivity index (χ2v) is 4.17. The smallest absolute Gasteiger partial charge is 0.236 e. The summed E-state index contributed by atoms with van der Waals surface area (Å²) in [5, 5.41) is 0. The SMILES string of the molecule is CCN1CCN(CCOC(C)C)CC1=O. The topological polar surface area (TPSA) is 32.8 Å². The summed E-state index contributed by atoms with van der Waals surface area (Å²) in [7, 11) is 0. The van der Waals surface area contributed by atoms with Gasteiger partial charge in [-0.3, -0.25) is 9.69 Å². The van der Waals surface area contributed by atoms with Gasteiger partial charge in [-0.05, 0) is 20.8 Å². The molecule has 0 aromatic heterocycles. The third-order valence-corrected chi connectivity index (χ3v) is 2.64. The van der Waals surface area contributed by atoms with Crippen LogP contribution in [0.4, 0.5) is 0 Å². The lowest BCUT2D eigenvalue weighted by Gasteiger charge is -2.33. The van der Waals surface area contributed by atoms with E-state index in [-0.39, 0.29) is 12.0 Å². The number of carbonyl (C=O) groups is 1. The van der Waals surface area contributed by atoms with Crippen molar-refractivity contribution < 1.29 is 9.53 Å². The van der Waals surface area contributed by atoms with E-state index in [2.05, 4.69) is 4.90 Å². The molecular formula is C11H22N2O2. The van der Waals surface area contributed by atoms with Crippen LogP contribution >= 0.6 is 0 Å². The number of ether oxygens (including phenoxy) is 1. The van der Waals surface area contributed by atoms with Crippen molar-refractivity contribution in [3.63, 3.8) is 0 Å². The normalized spacial score (nSPS) is 18.9. The van der Waals surface area contributed by atoms with E-state index in [1.165, 1.54) is 0 Å². The Morgan fingerprint density at radius 2 is 2.13 bits per heavy atom. The Morgan fingerprint density at radius 3 is 2.67 bits per heavy atom. The number of rotatable bonds is 5. The zero-order chi connectivity index (χ0) is 11.3. The molecule has 1 amide bonds. The van der Waals surface area contributed by atoms with Crippen LogP contribution in [0, 0.1) is 0 Å². The molecule has 1 saturated heterocycles. The number of likely N-dealkylation sites (N-methyl/N-ethyl adjacent to an activating group) is 1. The van der Waals surface area contributed by atoms with Gasteiger partial charge in [0.2, 0.25) is 5.91 Å². The predicted molar refractivity (Wildman–Crippen MR) is 59.8 cm³/mol. The molecule has 1 rings (SSSR count). The van der Waals surface area contributed by atoms with Crippen molar-refractivity contribution in [1.82, 2.24) is 9.80 Å². The number of carbonyl (C=O) groups excluding carboxylic acids is 1. The van der Waals surface area contributed by atoms with Crippen LogP contribution in [0.3, 0.4) is 0 Å². The fraction of sp³-hybridized carbons (Fsp3) is 0.909. The van der Waals surface area contributed by atoms with Gasteiger partial charge in [0.05, 0.1) is 19.3 Å². The average Bonchev–Trinajstić information content (AvgIpc) is 2.17. The van der Waals surface area contributed by atoms with Crippen LogP contribution in [-0.4, -0.2) is 61.1 Å². The molecule has 0 N–H and O–H groups in total. The van der Waals surface area contributed by atoms with Gasteiger partial charge >= 0.3 is 0 Å². The summed E-state index contributed by atoms with van der Waals surface area (Å²) in [6.07, 6.45) is 0.276. The lowest BCUT2D eigenvalue weighted by atomic mass is 10.3. The predicted octanol–water partition coefficient (Wildman–Crippen LogP) is 0.575. The molecule has 0 aliphatic carbocycles. The Morgan fingerprint density at radius 1 is 1.40 bits per heavy atom. The van der Waals surface area contributed by atoms with Crippen molar-refractivity contribution in [3.8, 4) is 0 Å². The third kappa shape index (κ3) is 4.18. The lowest BCUT2D eigenvalue weighted by Crippen LogP contribution is -2.50. The first-order valence-corrected chi connectivity index (χ1v) is 5.75. The summed E-state index contributed by atoms with van der Waals surface area (Å²) >= 11 is 0. The number of hydrogen-bond acceptors (Lipinski definition) is 3. The van der Waals surface area contributed by atoms with Gasteiger partial charge in [0.15, 0.2) is 0 Å². The first-order valence-electron chi connectivity index (χ1n) is 5.75. The number of amides is 1. The average molecular weight is 214 g/mol. The molecule has 0 atom stereocenters. The Hall–Kier alpha value is -0.610. The lowest BCUT2D eigenvalue weighted by molar-refractivity contribution is -0.136. The maximum absolute atomic E-state index is 11.6. The highest BCUT2D eigenvalue weighted by molar-refractivity contribution is 5.78. The van der Waals surface area contributed by atoms with Gasteiger partial charge < -0.3 is 9.64 Å². The maximum atomic E-state index is 11.6. The van der Waals surface area contributed by atoms with Gasteiger partial charge in [-0.1, -0.05) is 0 Å². The van der Waals surface area contributed by atoms with E-state index < -0.39 is 0 Å². The van der Waals surface area contributed by atoms with Gasteiger partial charge in [0, 0.05) is 26.2 Å². The Kier molecular flexibility index (Phi) is 5.05. The number of nitrogens with zero attached hydrogens (tertiary/aromatic N) is 2. The highest BCUT2D eigenvalue weighted by Gasteiger charge is 2.21. The molecule has 0 saturated carbocycles. The van der Waals surface area contributed by atoms with Crippen LogP contribution in [0.5, 0.6) is 0 Å². The minimum atomic E-state index is 0.244. The first-order chi connectivity index (χ1) is 7.13. The molecule has 0 spiro atoms. The van der Waals surface area contributed by atoms with Crippen molar-refractivity contribution >= 4 is 5.91 Å². The second kappa shape index (κ2) is 6.08. The minimum absolute atomic E-state index is 0.244. The number of piperazine rings is 1. The maximum Gasteiger partial charge on any atom is 0.236 e. The first kappa shape index (κ1) is 12.5. The van der Waals surface area contributed by atoms with E-state index in [0.29, 0.717) is 6.54 Å². The summed E-state index contributed by atoms with van der Waals surface area (Å²) in [6.45, 7) is 10.9. The summed E-state index contributed by atoms with van der Waals surface area (Å²) in [5.74, 6) is 0.244. The summed E-state index contributed by atoms with van der Waals surface area (Å²) in [5.41, 5.74) is 0. The van der Waals surface area contributed by atoms with Gasteiger partial charge in [0.1, 0.15) is 0 Å². The monoisotopic (exact) mass is 214 g/mol. The molecule has 0 aromatic rings. The van der Waals surface area contributed by atoms with E-state index in [1.807, 2.05) is 25.7 Å². The molecular weight excluding hydrogens is 192 g/mol. The Bertz CT molecular complexity index is 207. The van der Waals surface area contributed by atoms with Crippen LogP contribution in [0.15, 0.2) is 0 Å². The molecule has 1 heterocycles. The molecule has 0 unspecified atom stereocenters. The van der Waals surface area contributed by atoms with Crippen molar-refractivity contribution in [2.45, 2.75) is 26.9 Å². The number of hydrogen-bond donors (Lipinski definition) is 0. The molecule has 1 fully saturated rings. The summed E-state index contributed by atoms with van der Waals surface area (Å²) in [6, 6.07) is 0. The summed E-state index contributed by atoms with van der Waals surface area (Å²) < 4.78 is 5.47. The highest BCUT2D eigenvalue weighted by Crippen LogP contribution is 2.02. The standard InChI is InChI=1S/C11H22N2O2/c1-4-13-6-5-12(9-11(13)14)7-8-15-10(2)3/h10H,4-9H2,1-3H3. The molecule has 1 aliphatic rings. The van der Waals surface area contributed by atoms with Crippen LogP contribution in [0.2, 0.25) is 0 Å². The fourth-order valence-electron chi connectivity index (χ4n) is 1.70. The van der Waals surface area contributed by atoms with Crippen LogP contribution < -0.4 is 0 Å². The van der Waals surface area contributed by atoms with Crippen LogP contribution in [0.1, 0.15) is 20.8 Å². The Balaban J connectivity index is 2.20. The molecule has 0 radical (unpaired) electrons. The van der Waals surface area contributed by atoms with Crippen molar-refractivity contribution in [2.24, 2.45) is 0 Å². The van der Waals surface area contributed by atoms with E-state index >= 15 is 0 Å². The fourth-order valence-corrected chi connectivity index (χ4v) is 1.70. The van der Waals surface area contributed by atoms with Crippen molar-refractivity contribution in [1.29, 1.82) is 0 Å². The molecule has 4 nitrogen and oxygen atoms in total. The van der Waals surface area contributed by atoms with E-state index in [9.17, 15) is 4.79 Å². The van der Waals surface area contributed by atoms with E-state index in [0.717, 1.165) is 32.8 Å². The highest BCUT2D eigenvalue weighted by atomic mass is 16.5. The molecule has 4 heteroatoms. The molecule has 0 aromatic carbocycles. The molecule has 15 heavy (non-hydrogen) atoms. The molecule has 1 aliphatic heterocycles. The molecule has 88 valence electrons.